The van der Waals surface area contributed by atoms with E-state index in [2.05, 4.69) is 27.1 Å². The number of hydrogen-bond acceptors (Lipinski definition) is 4. The van der Waals surface area contributed by atoms with Crippen molar-refractivity contribution in [3.05, 3.63) is 16.5 Å². The third kappa shape index (κ3) is 4.05. The van der Waals surface area contributed by atoms with Gasteiger partial charge in [-0.15, -0.1) is 0 Å². The Morgan fingerprint density at radius 3 is 2.47 bits per heavy atom. The molecule has 1 saturated heterocycles. The second-order valence-corrected chi connectivity index (χ2v) is 5.80. The Kier molecular flexibility index (Phi) is 4.99. The molecule has 106 valence electrons. The maximum atomic E-state index is 6.14. The maximum absolute atomic E-state index is 6.14. The Morgan fingerprint density at radius 2 is 1.79 bits per heavy atom. The lowest BCUT2D eigenvalue weighted by atomic mass is 10.1. The second kappa shape index (κ2) is 6.53. The van der Waals surface area contributed by atoms with E-state index >= 15 is 0 Å². The van der Waals surface area contributed by atoms with E-state index in [9.17, 15) is 0 Å². The van der Waals surface area contributed by atoms with Crippen LogP contribution in [0.15, 0.2) is 0 Å². The standard InChI is InChI=1S/C14H23ClN4/c1-10(9-19-7-5-4-6-8-19)16-14-13(15)17-11(2)12(3)18-14/h10H,4-9H2,1-3H3,(H,16,18). The van der Waals surface area contributed by atoms with Gasteiger partial charge in [0.15, 0.2) is 11.0 Å². The smallest absolute Gasteiger partial charge is 0.171 e. The third-order valence-electron chi connectivity index (χ3n) is 3.63. The first-order valence-corrected chi connectivity index (χ1v) is 7.43. The summed E-state index contributed by atoms with van der Waals surface area (Å²) >= 11 is 6.14. The van der Waals surface area contributed by atoms with E-state index in [1.165, 1.54) is 32.4 Å². The van der Waals surface area contributed by atoms with Crippen LogP contribution in [-0.2, 0) is 0 Å². The average molecular weight is 283 g/mol. The molecule has 1 fully saturated rings. The summed E-state index contributed by atoms with van der Waals surface area (Å²) < 4.78 is 0. The number of anilines is 1. The van der Waals surface area contributed by atoms with Gasteiger partial charge in [-0.2, -0.15) is 0 Å². The van der Waals surface area contributed by atoms with Crippen LogP contribution in [0, 0.1) is 13.8 Å². The van der Waals surface area contributed by atoms with Crippen molar-refractivity contribution in [1.82, 2.24) is 14.9 Å². The van der Waals surface area contributed by atoms with Crippen LogP contribution in [0.25, 0.3) is 0 Å². The quantitative estimate of drug-likeness (QED) is 0.922. The lowest BCUT2D eigenvalue weighted by Crippen LogP contribution is -2.38. The first-order valence-electron chi connectivity index (χ1n) is 7.06. The summed E-state index contributed by atoms with van der Waals surface area (Å²) in [6.45, 7) is 9.50. The Bertz CT molecular complexity index is 430. The van der Waals surface area contributed by atoms with Gasteiger partial charge in [-0.1, -0.05) is 18.0 Å². The predicted octanol–water partition coefficient (Wildman–Crippen LogP) is 3.03. The monoisotopic (exact) mass is 282 g/mol. The van der Waals surface area contributed by atoms with Crippen molar-refractivity contribution in [2.24, 2.45) is 0 Å². The minimum Gasteiger partial charge on any atom is -0.364 e. The van der Waals surface area contributed by atoms with E-state index in [4.69, 9.17) is 11.6 Å². The summed E-state index contributed by atoms with van der Waals surface area (Å²) in [5.74, 6) is 0.703. The fourth-order valence-electron chi connectivity index (χ4n) is 2.48. The van der Waals surface area contributed by atoms with E-state index in [1.54, 1.807) is 0 Å². The summed E-state index contributed by atoms with van der Waals surface area (Å²) in [6.07, 6.45) is 4.00. The number of halogens is 1. The van der Waals surface area contributed by atoms with Crippen molar-refractivity contribution in [3.8, 4) is 0 Å². The summed E-state index contributed by atoms with van der Waals surface area (Å²) in [5.41, 5.74) is 1.82. The number of piperidine rings is 1. The lowest BCUT2D eigenvalue weighted by molar-refractivity contribution is 0.223. The van der Waals surface area contributed by atoms with Crippen LogP contribution in [0.3, 0.4) is 0 Å². The molecular weight excluding hydrogens is 260 g/mol. The van der Waals surface area contributed by atoms with E-state index in [0.717, 1.165) is 17.9 Å². The molecule has 0 saturated carbocycles. The average Bonchev–Trinajstić information content (AvgIpc) is 2.37. The van der Waals surface area contributed by atoms with Crippen LogP contribution in [0.5, 0.6) is 0 Å². The van der Waals surface area contributed by atoms with Gasteiger partial charge in [0.05, 0.1) is 11.4 Å². The molecule has 1 aromatic heterocycles. The van der Waals surface area contributed by atoms with E-state index in [1.807, 2.05) is 13.8 Å². The number of nitrogens with one attached hydrogen (secondary N) is 1. The SMILES string of the molecule is Cc1nc(Cl)c(NC(C)CN2CCCCC2)nc1C. The number of aryl methyl sites for hydroxylation is 2. The van der Waals surface area contributed by atoms with Gasteiger partial charge in [0.2, 0.25) is 0 Å². The highest BCUT2D eigenvalue weighted by molar-refractivity contribution is 6.31. The van der Waals surface area contributed by atoms with Gasteiger partial charge in [0.1, 0.15) is 0 Å². The molecule has 2 rings (SSSR count). The highest BCUT2D eigenvalue weighted by atomic mass is 35.5. The summed E-state index contributed by atoms with van der Waals surface area (Å²) in [4.78, 5) is 11.3. The number of hydrogen-bond donors (Lipinski definition) is 1. The molecule has 1 aliphatic heterocycles. The van der Waals surface area contributed by atoms with E-state index < -0.39 is 0 Å². The maximum Gasteiger partial charge on any atom is 0.171 e. The van der Waals surface area contributed by atoms with Crippen LogP contribution in [0.1, 0.15) is 37.6 Å². The zero-order valence-corrected chi connectivity index (χ0v) is 12.8. The van der Waals surface area contributed by atoms with E-state index in [-0.39, 0.29) is 0 Å². The molecule has 2 heterocycles. The fourth-order valence-corrected chi connectivity index (χ4v) is 2.70. The summed E-state index contributed by atoms with van der Waals surface area (Å²) in [6, 6.07) is 0.326. The molecule has 4 nitrogen and oxygen atoms in total. The number of rotatable bonds is 4. The Balaban J connectivity index is 1.94. The first-order chi connectivity index (χ1) is 9.06. The molecule has 1 N–H and O–H groups in total. The van der Waals surface area contributed by atoms with Gasteiger partial charge in [-0.3, -0.25) is 0 Å². The van der Waals surface area contributed by atoms with Gasteiger partial charge in [-0.25, -0.2) is 9.97 Å². The van der Waals surface area contributed by atoms with Crippen LogP contribution in [0.2, 0.25) is 5.15 Å². The molecule has 0 bridgehead atoms. The molecule has 1 aliphatic rings. The topological polar surface area (TPSA) is 41.1 Å². The minimum atomic E-state index is 0.326. The lowest BCUT2D eigenvalue weighted by Gasteiger charge is -2.29. The Hall–Kier alpha value is -0.870. The highest BCUT2D eigenvalue weighted by Crippen LogP contribution is 2.19. The normalized spacial score (nSPS) is 18.3. The summed E-state index contributed by atoms with van der Waals surface area (Å²) in [7, 11) is 0. The predicted molar refractivity (Wildman–Crippen MR) is 79.9 cm³/mol. The third-order valence-corrected chi connectivity index (χ3v) is 3.89. The van der Waals surface area contributed by atoms with Gasteiger partial charge in [-0.05, 0) is 46.7 Å². The van der Waals surface area contributed by atoms with Crippen molar-refractivity contribution < 1.29 is 0 Å². The van der Waals surface area contributed by atoms with Gasteiger partial charge < -0.3 is 10.2 Å². The molecule has 0 radical (unpaired) electrons. The molecule has 1 unspecified atom stereocenters. The van der Waals surface area contributed by atoms with Gasteiger partial charge >= 0.3 is 0 Å². The summed E-state index contributed by atoms with van der Waals surface area (Å²) in [5, 5.41) is 3.84. The van der Waals surface area contributed by atoms with Crippen LogP contribution in [0.4, 0.5) is 5.82 Å². The first kappa shape index (κ1) is 14.5. The van der Waals surface area contributed by atoms with Crippen LogP contribution < -0.4 is 5.32 Å². The van der Waals surface area contributed by atoms with Gasteiger partial charge in [0.25, 0.3) is 0 Å². The van der Waals surface area contributed by atoms with E-state index in [0.29, 0.717) is 17.0 Å². The number of likely N-dealkylation sites (tertiary alicyclic amines) is 1. The molecule has 1 atom stereocenters. The minimum absolute atomic E-state index is 0.326. The number of aromatic nitrogens is 2. The molecule has 19 heavy (non-hydrogen) atoms. The molecule has 0 amide bonds. The zero-order valence-electron chi connectivity index (χ0n) is 12.0. The largest absolute Gasteiger partial charge is 0.364 e. The molecule has 0 aliphatic carbocycles. The fraction of sp³-hybridized carbons (Fsp3) is 0.714. The van der Waals surface area contributed by atoms with Crippen molar-refractivity contribution in [2.75, 3.05) is 25.0 Å². The van der Waals surface area contributed by atoms with Crippen molar-refractivity contribution >= 4 is 17.4 Å². The highest BCUT2D eigenvalue weighted by Gasteiger charge is 2.15. The van der Waals surface area contributed by atoms with Crippen molar-refractivity contribution in [3.63, 3.8) is 0 Å². The van der Waals surface area contributed by atoms with Crippen LogP contribution in [-0.4, -0.2) is 40.5 Å². The zero-order chi connectivity index (χ0) is 13.8. The molecule has 1 aromatic rings. The molecule has 5 heteroatoms. The van der Waals surface area contributed by atoms with Crippen molar-refractivity contribution in [2.45, 2.75) is 46.1 Å². The second-order valence-electron chi connectivity index (χ2n) is 5.44. The Morgan fingerprint density at radius 1 is 1.16 bits per heavy atom. The Labute approximate surface area is 120 Å². The van der Waals surface area contributed by atoms with Crippen LogP contribution >= 0.6 is 11.6 Å². The molecular formula is C14H23ClN4. The molecule has 0 spiro atoms. The van der Waals surface area contributed by atoms with Crippen molar-refractivity contribution in [1.29, 1.82) is 0 Å². The number of nitrogens with zero attached hydrogens (tertiary/aromatic N) is 3. The molecule has 0 aromatic carbocycles. The van der Waals surface area contributed by atoms with Gasteiger partial charge in [0, 0.05) is 12.6 Å².